The van der Waals surface area contributed by atoms with Crippen molar-refractivity contribution >= 4 is 17.9 Å². The van der Waals surface area contributed by atoms with Crippen LogP contribution in [-0.2, 0) is 28.6 Å². The number of hydrogen-bond acceptors (Lipinski definition) is 6. The molecule has 0 saturated carbocycles. The summed E-state index contributed by atoms with van der Waals surface area (Å²) in [7, 11) is 0. The van der Waals surface area contributed by atoms with Gasteiger partial charge < -0.3 is 14.2 Å². The molecule has 0 rings (SSSR count). The zero-order chi connectivity index (χ0) is 39.4. The van der Waals surface area contributed by atoms with Crippen molar-refractivity contribution in [2.24, 2.45) is 0 Å². The summed E-state index contributed by atoms with van der Waals surface area (Å²) in [6.45, 7) is 6.64. The fraction of sp³-hybridized carbons (Fsp3) is 0.938. The van der Waals surface area contributed by atoms with Crippen molar-refractivity contribution in [1.82, 2.24) is 0 Å². The molecule has 0 spiro atoms. The molecule has 6 nitrogen and oxygen atoms in total. The van der Waals surface area contributed by atoms with E-state index in [1.165, 1.54) is 173 Å². The molecule has 0 bridgehead atoms. The van der Waals surface area contributed by atoms with Crippen LogP contribution in [0.25, 0.3) is 0 Å². The van der Waals surface area contributed by atoms with E-state index in [4.69, 9.17) is 14.2 Å². The van der Waals surface area contributed by atoms with Crippen molar-refractivity contribution in [3.8, 4) is 0 Å². The van der Waals surface area contributed by atoms with E-state index in [0.29, 0.717) is 19.3 Å². The number of hydrogen-bond donors (Lipinski definition) is 0. The van der Waals surface area contributed by atoms with Gasteiger partial charge in [0.1, 0.15) is 13.2 Å². The molecule has 0 N–H and O–H groups in total. The summed E-state index contributed by atoms with van der Waals surface area (Å²) in [5, 5.41) is 0. The molecule has 0 heterocycles. The summed E-state index contributed by atoms with van der Waals surface area (Å²) in [5.41, 5.74) is 0. The molecule has 0 aliphatic rings. The van der Waals surface area contributed by atoms with Crippen molar-refractivity contribution in [3.05, 3.63) is 0 Å². The van der Waals surface area contributed by atoms with Crippen LogP contribution < -0.4 is 0 Å². The fourth-order valence-electron chi connectivity index (χ4n) is 7.21. The van der Waals surface area contributed by atoms with E-state index in [0.717, 1.165) is 57.8 Å². The van der Waals surface area contributed by atoms with Crippen LogP contribution in [0.15, 0.2) is 0 Å². The maximum atomic E-state index is 12.7. The van der Waals surface area contributed by atoms with E-state index in [-0.39, 0.29) is 31.1 Å². The Morgan fingerprint density at radius 1 is 0.296 bits per heavy atom. The zero-order valence-corrected chi connectivity index (χ0v) is 36.5. The van der Waals surface area contributed by atoms with Gasteiger partial charge in [0.2, 0.25) is 0 Å². The lowest BCUT2D eigenvalue weighted by Crippen LogP contribution is -2.30. The second kappa shape index (κ2) is 44.1. The molecule has 320 valence electrons. The lowest BCUT2D eigenvalue weighted by molar-refractivity contribution is -0.167. The highest BCUT2D eigenvalue weighted by atomic mass is 16.6. The third-order valence-electron chi connectivity index (χ3n) is 10.9. The molecule has 0 saturated heterocycles. The smallest absolute Gasteiger partial charge is 0.306 e. The van der Waals surface area contributed by atoms with Crippen LogP contribution in [-0.4, -0.2) is 37.2 Å². The number of ether oxygens (including phenoxy) is 3. The zero-order valence-electron chi connectivity index (χ0n) is 36.5. The number of esters is 3. The number of unbranched alkanes of at least 4 members (excludes halogenated alkanes) is 33. The standard InChI is InChI=1S/C48H92O6/c1-4-7-10-13-16-19-21-23-24-26-27-29-32-35-38-41-47(50)53-44-45(43-52-46(49)40-37-34-31-18-15-12-9-6-3)54-48(51)42-39-36-33-30-28-25-22-20-17-14-11-8-5-2/h45H,4-44H2,1-3H3. The maximum absolute atomic E-state index is 12.7. The Labute approximate surface area is 336 Å². The molecule has 0 aromatic rings. The molecule has 0 aromatic heterocycles. The predicted octanol–water partition coefficient (Wildman–Crippen LogP) is 15.3. The first-order valence-electron chi connectivity index (χ1n) is 24.0. The normalized spacial score (nSPS) is 11.8. The summed E-state index contributed by atoms with van der Waals surface area (Å²) in [4.78, 5) is 37.7. The Hall–Kier alpha value is -1.59. The first-order chi connectivity index (χ1) is 26.5. The highest BCUT2D eigenvalue weighted by Crippen LogP contribution is 2.16. The Morgan fingerprint density at radius 3 is 0.741 bits per heavy atom. The second-order valence-corrected chi connectivity index (χ2v) is 16.4. The number of carbonyl (C=O) groups excluding carboxylic acids is 3. The fourth-order valence-corrected chi connectivity index (χ4v) is 7.21. The number of rotatable bonds is 44. The molecule has 0 amide bonds. The van der Waals surface area contributed by atoms with Crippen LogP contribution in [0.4, 0.5) is 0 Å². The molecular weight excluding hydrogens is 673 g/mol. The van der Waals surface area contributed by atoms with Crippen LogP contribution in [0.3, 0.4) is 0 Å². The van der Waals surface area contributed by atoms with Crippen LogP contribution >= 0.6 is 0 Å². The minimum atomic E-state index is -0.757. The van der Waals surface area contributed by atoms with Crippen molar-refractivity contribution in [2.45, 2.75) is 277 Å². The minimum Gasteiger partial charge on any atom is -0.462 e. The summed E-state index contributed by atoms with van der Waals surface area (Å²) >= 11 is 0. The van der Waals surface area contributed by atoms with Gasteiger partial charge in [0, 0.05) is 19.3 Å². The predicted molar refractivity (Wildman–Crippen MR) is 229 cm³/mol. The molecular formula is C48H92O6. The molecule has 54 heavy (non-hydrogen) atoms. The first-order valence-corrected chi connectivity index (χ1v) is 24.0. The van der Waals surface area contributed by atoms with Gasteiger partial charge >= 0.3 is 17.9 Å². The van der Waals surface area contributed by atoms with Gasteiger partial charge in [0.05, 0.1) is 0 Å². The molecule has 0 fully saturated rings. The number of carbonyl (C=O) groups is 3. The molecule has 0 aliphatic carbocycles. The Bertz CT molecular complexity index is 798. The third-order valence-corrected chi connectivity index (χ3v) is 10.9. The lowest BCUT2D eigenvalue weighted by Gasteiger charge is -2.18. The summed E-state index contributed by atoms with van der Waals surface area (Å²) in [6, 6.07) is 0. The van der Waals surface area contributed by atoms with E-state index >= 15 is 0 Å². The monoisotopic (exact) mass is 765 g/mol. The van der Waals surface area contributed by atoms with E-state index < -0.39 is 6.10 Å². The van der Waals surface area contributed by atoms with Gasteiger partial charge in [0.25, 0.3) is 0 Å². The first kappa shape index (κ1) is 52.4. The molecule has 1 unspecified atom stereocenters. The van der Waals surface area contributed by atoms with Crippen LogP contribution in [0.5, 0.6) is 0 Å². The van der Waals surface area contributed by atoms with Gasteiger partial charge in [-0.25, -0.2) is 0 Å². The van der Waals surface area contributed by atoms with Gasteiger partial charge in [-0.05, 0) is 19.3 Å². The highest BCUT2D eigenvalue weighted by Gasteiger charge is 2.19. The van der Waals surface area contributed by atoms with E-state index in [1.54, 1.807) is 0 Å². The van der Waals surface area contributed by atoms with E-state index in [9.17, 15) is 14.4 Å². The van der Waals surface area contributed by atoms with Gasteiger partial charge in [0.15, 0.2) is 6.10 Å². The van der Waals surface area contributed by atoms with Gasteiger partial charge in [-0.15, -0.1) is 0 Å². The minimum absolute atomic E-state index is 0.0625. The highest BCUT2D eigenvalue weighted by molar-refractivity contribution is 5.71. The average Bonchev–Trinajstić information content (AvgIpc) is 3.17. The molecule has 1 atom stereocenters. The second-order valence-electron chi connectivity index (χ2n) is 16.4. The summed E-state index contributed by atoms with van der Waals surface area (Å²) in [5.74, 6) is -0.851. The van der Waals surface area contributed by atoms with Gasteiger partial charge in [-0.1, -0.05) is 233 Å². The van der Waals surface area contributed by atoms with Crippen LogP contribution in [0, 0.1) is 0 Å². The van der Waals surface area contributed by atoms with E-state index in [2.05, 4.69) is 20.8 Å². The Balaban J connectivity index is 4.26. The molecule has 6 heteroatoms. The molecule has 0 aromatic carbocycles. The molecule has 0 aliphatic heterocycles. The van der Waals surface area contributed by atoms with Crippen molar-refractivity contribution in [3.63, 3.8) is 0 Å². The lowest BCUT2D eigenvalue weighted by atomic mass is 10.0. The van der Waals surface area contributed by atoms with Crippen molar-refractivity contribution in [2.75, 3.05) is 13.2 Å². The van der Waals surface area contributed by atoms with Crippen molar-refractivity contribution in [1.29, 1.82) is 0 Å². The summed E-state index contributed by atoms with van der Waals surface area (Å²) in [6.07, 6.45) is 45.1. The van der Waals surface area contributed by atoms with Crippen molar-refractivity contribution < 1.29 is 28.6 Å². The van der Waals surface area contributed by atoms with Gasteiger partial charge in [-0.2, -0.15) is 0 Å². The van der Waals surface area contributed by atoms with E-state index in [1.807, 2.05) is 0 Å². The SMILES string of the molecule is CCCCCCCCCCCCCCCCCC(=O)OCC(COC(=O)CCCCCCCCCC)OC(=O)CCCCCCCCCCCCCCC. The topological polar surface area (TPSA) is 78.9 Å². The summed E-state index contributed by atoms with van der Waals surface area (Å²) < 4.78 is 16.7. The van der Waals surface area contributed by atoms with Crippen LogP contribution in [0.2, 0.25) is 0 Å². The van der Waals surface area contributed by atoms with Crippen LogP contribution in [0.1, 0.15) is 271 Å². The third kappa shape index (κ3) is 41.6. The Morgan fingerprint density at radius 2 is 0.500 bits per heavy atom. The Kier molecular flexibility index (Phi) is 42.8. The molecule has 0 radical (unpaired) electrons. The largest absolute Gasteiger partial charge is 0.462 e. The van der Waals surface area contributed by atoms with Gasteiger partial charge in [-0.3, -0.25) is 14.4 Å². The maximum Gasteiger partial charge on any atom is 0.306 e. The quantitative estimate of drug-likeness (QED) is 0.0349. The average molecular weight is 765 g/mol.